The number of aromatic nitrogens is 2. The van der Waals surface area contributed by atoms with Gasteiger partial charge < -0.3 is 4.90 Å². The molecule has 1 atom stereocenters. The molecule has 0 amide bonds. The van der Waals surface area contributed by atoms with Crippen molar-refractivity contribution in [2.45, 2.75) is 24.8 Å². The number of pyridine rings is 2. The molecule has 2 aromatic heterocycles. The number of hydrogen-bond acceptors (Lipinski definition) is 6. The summed E-state index contributed by atoms with van der Waals surface area (Å²) in [5.41, 5.74) is 4.86. The number of likely N-dealkylation sites (N-methyl/N-ethyl adjacent to an activating group) is 1. The zero-order valence-electron chi connectivity index (χ0n) is 19.5. The van der Waals surface area contributed by atoms with Crippen molar-refractivity contribution in [2.75, 3.05) is 25.6 Å². The molecule has 0 N–H and O–H groups in total. The Kier molecular flexibility index (Phi) is 4.90. The smallest absolute Gasteiger partial charge is 0.225 e. The Balaban J connectivity index is 1.52. The fourth-order valence-corrected chi connectivity index (χ4v) is 5.43. The van der Waals surface area contributed by atoms with Crippen LogP contribution in [-0.4, -0.2) is 58.2 Å². The highest BCUT2D eigenvalue weighted by atomic mass is 15.8. The largest absolute Gasteiger partial charge is 0.307 e. The van der Waals surface area contributed by atoms with Crippen molar-refractivity contribution in [1.82, 2.24) is 14.9 Å². The minimum absolute atomic E-state index is 0.0270. The molecule has 7 heteroatoms. The number of anilines is 1. The van der Waals surface area contributed by atoms with Gasteiger partial charge in [-0.1, -0.05) is 18.2 Å². The van der Waals surface area contributed by atoms with Crippen LogP contribution in [0.2, 0.25) is 0 Å². The van der Waals surface area contributed by atoms with Crippen molar-refractivity contribution in [3.05, 3.63) is 79.0 Å². The number of rotatable bonds is 6. The first-order chi connectivity index (χ1) is 16.6. The summed E-state index contributed by atoms with van der Waals surface area (Å²) in [6.07, 6.45) is 15.1. The molecule has 1 saturated carbocycles. The van der Waals surface area contributed by atoms with Gasteiger partial charge in [-0.3, -0.25) is 9.98 Å². The topological polar surface area (TPSA) is 57.0 Å². The first-order valence-electron chi connectivity index (χ1n) is 11.7. The Labute approximate surface area is 199 Å². The van der Waals surface area contributed by atoms with Gasteiger partial charge in [-0.2, -0.15) is 0 Å². The van der Waals surface area contributed by atoms with Crippen LogP contribution >= 0.6 is 0 Å². The molecular formula is C27H28N7+. The molecular weight excluding hydrogens is 422 g/mol. The summed E-state index contributed by atoms with van der Waals surface area (Å²) in [6.45, 7) is 0.957. The van der Waals surface area contributed by atoms with E-state index in [0.29, 0.717) is 4.59 Å². The molecule has 0 bridgehead atoms. The molecule has 1 aliphatic carbocycles. The van der Waals surface area contributed by atoms with E-state index in [1.807, 2.05) is 55.4 Å². The van der Waals surface area contributed by atoms with E-state index in [0.717, 1.165) is 53.1 Å². The van der Waals surface area contributed by atoms with E-state index in [9.17, 15) is 0 Å². The van der Waals surface area contributed by atoms with Gasteiger partial charge in [0.25, 0.3) is 0 Å². The van der Waals surface area contributed by atoms with E-state index in [1.54, 1.807) is 0 Å². The zero-order chi connectivity index (χ0) is 23.2. The SMILES string of the molecule is CN(C)CC1(N(c2ccc3ccc(-c4ccccn4)nc3c2)[N+]23C=CN=CC2=CN=C3)CCC1. The number of quaternary nitrogens is 1. The zero-order valence-corrected chi connectivity index (χ0v) is 19.5. The van der Waals surface area contributed by atoms with Crippen molar-refractivity contribution in [2.24, 2.45) is 9.98 Å². The predicted octanol–water partition coefficient (Wildman–Crippen LogP) is 4.76. The number of aliphatic imine (C=N–C) groups is 2. The molecule has 1 fully saturated rings. The second-order valence-electron chi connectivity index (χ2n) is 9.55. The number of nitrogens with zero attached hydrogens (tertiary/aromatic N) is 7. The lowest BCUT2D eigenvalue weighted by atomic mass is 9.75. The Morgan fingerprint density at radius 2 is 1.88 bits per heavy atom. The fraction of sp³-hybridized carbons (Fsp3) is 0.259. The number of benzene rings is 1. The van der Waals surface area contributed by atoms with Gasteiger partial charge in [-0.15, -0.1) is 4.59 Å². The second kappa shape index (κ2) is 7.97. The van der Waals surface area contributed by atoms with Gasteiger partial charge in [-0.25, -0.2) is 15.0 Å². The summed E-state index contributed by atoms with van der Waals surface area (Å²) >= 11 is 0. The maximum absolute atomic E-state index is 5.00. The maximum Gasteiger partial charge on any atom is 0.225 e. The van der Waals surface area contributed by atoms with Crippen LogP contribution in [0.25, 0.3) is 22.3 Å². The van der Waals surface area contributed by atoms with Crippen LogP contribution in [0.15, 0.2) is 89.0 Å². The predicted molar refractivity (Wildman–Crippen MR) is 137 cm³/mol. The highest BCUT2D eigenvalue weighted by molar-refractivity contribution is 5.86. The molecule has 1 unspecified atom stereocenters. The Bertz CT molecular complexity index is 1350. The molecule has 3 aromatic rings. The van der Waals surface area contributed by atoms with Crippen LogP contribution < -0.4 is 5.01 Å². The summed E-state index contributed by atoms with van der Waals surface area (Å²) in [5.74, 6) is 0. The van der Waals surface area contributed by atoms with Gasteiger partial charge >= 0.3 is 0 Å². The second-order valence-corrected chi connectivity index (χ2v) is 9.55. The third kappa shape index (κ3) is 3.28. The molecule has 4 heterocycles. The quantitative estimate of drug-likeness (QED) is 0.508. The van der Waals surface area contributed by atoms with Crippen LogP contribution in [0, 0.1) is 0 Å². The van der Waals surface area contributed by atoms with Gasteiger partial charge in [0.15, 0.2) is 6.20 Å². The van der Waals surface area contributed by atoms with Crippen LogP contribution in [0.1, 0.15) is 19.3 Å². The van der Waals surface area contributed by atoms with Crippen LogP contribution in [0.3, 0.4) is 0 Å². The van der Waals surface area contributed by atoms with Gasteiger partial charge in [0.2, 0.25) is 12.0 Å². The first kappa shape index (κ1) is 20.9. The molecule has 0 spiro atoms. The molecule has 0 saturated heterocycles. The van der Waals surface area contributed by atoms with Gasteiger partial charge in [-0.05, 0) is 63.7 Å². The third-order valence-corrected chi connectivity index (χ3v) is 6.97. The minimum Gasteiger partial charge on any atom is -0.307 e. The van der Waals surface area contributed by atoms with Crippen molar-refractivity contribution < 1.29 is 4.59 Å². The molecule has 0 radical (unpaired) electrons. The van der Waals surface area contributed by atoms with E-state index >= 15 is 0 Å². The van der Waals surface area contributed by atoms with Crippen molar-refractivity contribution >= 4 is 29.1 Å². The van der Waals surface area contributed by atoms with E-state index in [2.05, 4.69) is 69.4 Å². The molecule has 170 valence electrons. The maximum atomic E-state index is 5.00. The summed E-state index contributed by atoms with van der Waals surface area (Å²) in [6, 6.07) is 16.7. The van der Waals surface area contributed by atoms with E-state index in [1.165, 1.54) is 6.42 Å². The van der Waals surface area contributed by atoms with Crippen LogP contribution in [0.5, 0.6) is 0 Å². The average Bonchev–Trinajstić information content (AvgIpc) is 3.27. The summed E-state index contributed by atoms with van der Waals surface area (Å²) < 4.78 is 0.419. The van der Waals surface area contributed by atoms with Gasteiger partial charge in [0.05, 0.1) is 41.2 Å². The third-order valence-electron chi connectivity index (χ3n) is 6.97. The van der Waals surface area contributed by atoms with Crippen molar-refractivity contribution in [1.29, 1.82) is 0 Å². The molecule has 6 rings (SSSR count). The van der Waals surface area contributed by atoms with Gasteiger partial charge in [0.1, 0.15) is 5.54 Å². The molecule has 3 aliphatic rings. The standard InChI is InChI=1S/C27H28N7/c1-32(2)19-27(11-5-12-27)33(34-15-14-28-17-23(34)18-29-20-34)22-9-7-21-8-10-25(31-26(21)16-22)24-6-3-4-13-30-24/h3-4,6-10,13-18,20H,5,11-12,19H2,1-2H3/q+1. The summed E-state index contributed by atoms with van der Waals surface area (Å²) in [5, 5.41) is 3.63. The highest BCUT2D eigenvalue weighted by Crippen LogP contribution is 2.47. The summed E-state index contributed by atoms with van der Waals surface area (Å²) in [4.78, 5) is 20.8. The van der Waals surface area contributed by atoms with E-state index in [-0.39, 0.29) is 5.54 Å². The fourth-order valence-electron chi connectivity index (χ4n) is 5.43. The number of hydrogen-bond donors (Lipinski definition) is 0. The van der Waals surface area contributed by atoms with Crippen LogP contribution in [0.4, 0.5) is 5.69 Å². The lowest BCUT2D eigenvalue weighted by Gasteiger charge is -2.55. The average molecular weight is 451 g/mol. The normalized spacial score (nSPS) is 22.0. The Hall–Kier alpha value is -3.68. The number of fused-ring (bicyclic) bond motifs is 2. The Morgan fingerprint density at radius 3 is 2.65 bits per heavy atom. The molecule has 7 nitrogen and oxygen atoms in total. The lowest BCUT2D eigenvalue weighted by molar-refractivity contribution is -0.751. The highest BCUT2D eigenvalue weighted by Gasteiger charge is 2.55. The van der Waals surface area contributed by atoms with E-state index < -0.39 is 0 Å². The van der Waals surface area contributed by atoms with E-state index in [4.69, 9.17) is 4.98 Å². The lowest BCUT2D eigenvalue weighted by Crippen LogP contribution is -2.70. The first-order valence-corrected chi connectivity index (χ1v) is 11.7. The Morgan fingerprint density at radius 1 is 1.00 bits per heavy atom. The minimum atomic E-state index is -0.0270. The monoisotopic (exact) mass is 450 g/mol. The van der Waals surface area contributed by atoms with Gasteiger partial charge in [0, 0.05) is 18.1 Å². The molecule has 1 aromatic carbocycles. The number of allylic oxidation sites excluding steroid dienone is 1. The summed E-state index contributed by atoms with van der Waals surface area (Å²) in [7, 11) is 4.31. The van der Waals surface area contributed by atoms with Crippen molar-refractivity contribution in [3.8, 4) is 11.4 Å². The van der Waals surface area contributed by atoms with Crippen molar-refractivity contribution in [3.63, 3.8) is 0 Å². The molecule has 2 aliphatic heterocycles. The molecule has 34 heavy (non-hydrogen) atoms. The van der Waals surface area contributed by atoms with Crippen LogP contribution in [-0.2, 0) is 0 Å².